The highest BCUT2D eigenvalue weighted by Crippen LogP contribution is 2.65. The number of fused-ring (bicyclic) bond motifs is 1. The van der Waals surface area contributed by atoms with Gasteiger partial charge in [-0.1, -0.05) is 40.7 Å². The summed E-state index contributed by atoms with van der Waals surface area (Å²) in [6.07, 6.45) is 3.17. The molecule has 1 unspecified atom stereocenters. The van der Waals surface area contributed by atoms with Crippen molar-refractivity contribution in [3.63, 3.8) is 0 Å². The Balaban J connectivity index is 2.30. The summed E-state index contributed by atoms with van der Waals surface area (Å²) in [7, 11) is 1.40. The van der Waals surface area contributed by atoms with Crippen LogP contribution in [0.1, 0.15) is 54.4 Å². The Hall–Kier alpha value is -1.65. The van der Waals surface area contributed by atoms with E-state index in [9.17, 15) is 14.4 Å². The van der Waals surface area contributed by atoms with Crippen LogP contribution in [0.4, 0.5) is 0 Å². The number of Topliss-reactive ketones (excluding diaryl/α,β-unsaturated/α-hetero) is 1. The Labute approximate surface area is 150 Å². The van der Waals surface area contributed by atoms with Crippen molar-refractivity contribution >= 4 is 17.7 Å². The summed E-state index contributed by atoms with van der Waals surface area (Å²) >= 11 is 0. The maximum atomic E-state index is 13.1. The van der Waals surface area contributed by atoms with Gasteiger partial charge in [0.25, 0.3) is 0 Å². The lowest BCUT2D eigenvalue weighted by Crippen LogP contribution is -2.49. The van der Waals surface area contributed by atoms with Crippen molar-refractivity contribution in [2.45, 2.75) is 60.4 Å². The van der Waals surface area contributed by atoms with Crippen molar-refractivity contribution in [1.29, 1.82) is 0 Å². The first-order valence-electron chi connectivity index (χ1n) is 8.99. The number of hydrogen-bond donors (Lipinski definition) is 1. The molecule has 2 rings (SSSR count). The number of carbonyl (C=O) groups is 3. The highest BCUT2D eigenvalue weighted by Gasteiger charge is 2.62. The molecule has 1 saturated carbocycles. The fourth-order valence-corrected chi connectivity index (χ4v) is 4.40. The van der Waals surface area contributed by atoms with Crippen molar-refractivity contribution in [2.24, 2.45) is 28.6 Å². The fraction of sp³-hybridized carbons (Fsp3) is 0.750. The average Bonchev–Trinajstić information content (AvgIpc) is 3.10. The first kappa shape index (κ1) is 19.7. The zero-order valence-corrected chi connectivity index (χ0v) is 16.4. The predicted octanol–water partition coefficient (Wildman–Crippen LogP) is 2.89. The standard InChI is InChI=1S/C20H31NO4/c1-11(22)21-17(19(2,3)4)16(23)12-8-9-14-15(20(14,5)6)13(10-12)18(24)25-7/h8,13-15,17H,9-10H2,1-7H3,(H,21,22)/t13-,14?,15+,17+/m0/s1. The largest absolute Gasteiger partial charge is 0.469 e. The minimum atomic E-state index is -0.600. The second-order valence-corrected chi connectivity index (χ2v) is 9.12. The topological polar surface area (TPSA) is 72.5 Å². The quantitative estimate of drug-likeness (QED) is 0.792. The van der Waals surface area contributed by atoms with Gasteiger partial charge < -0.3 is 10.1 Å². The molecular weight excluding hydrogens is 318 g/mol. The summed E-state index contributed by atoms with van der Waals surface area (Å²) in [6, 6.07) is -0.600. The number of allylic oxidation sites excluding steroid dienone is 1. The van der Waals surface area contributed by atoms with Crippen molar-refractivity contribution in [3.05, 3.63) is 11.6 Å². The Morgan fingerprint density at radius 2 is 1.88 bits per heavy atom. The van der Waals surface area contributed by atoms with Crippen LogP contribution < -0.4 is 5.32 Å². The van der Waals surface area contributed by atoms with Gasteiger partial charge in [0, 0.05) is 6.92 Å². The van der Waals surface area contributed by atoms with Crippen LogP contribution >= 0.6 is 0 Å². The lowest BCUT2D eigenvalue weighted by molar-refractivity contribution is -0.146. The third-order valence-electron chi connectivity index (χ3n) is 5.93. The maximum absolute atomic E-state index is 13.1. The zero-order valence-electron chi connectivity index (χ0n) is 16.4. The van der Waals surface area contributed by atoms with Crippen molar-refractivity contribution in [1.82, 2.24) is 5.32 Å². The van der Waals surface area contributed by atoms with Crippen LogP contribution in [-0.2, 0) is 19.1 Å². The molecule has 1 fully saturated rings. The molecule has 0 heterocycles. The van der Waals surface area contributed by atoms with Gasteiger partial charge in [-0.05, 0) is 41.1 Å². The number of carbonyl (C=O) groups excluding carboxylic acids is 3. The van der Waals surface area contributed by atoms with E-state index in [1.165, 1.54) is 14.0 Å². The minimum Gasteiger partial charge on any atom is -0.469 e. The number of esters is 1. The maximum Gasteiger partial charge on any atom is 0.309 e. The van der Waals surface area contributed by atoms with Gasteiger partial charge in [0.1, 0.15) is 0 Å². The molecule has 0 spiro atoms. The van der Waals surface area contributed by atoms with Crippen LogP contribution in [0.5, 0.6) is 0 Å². The molecule has 0 aromatic heterocycles. The Morgan fingerprint density at radius 3 is 2.36 bits per heavy atom. The lowest BCUT2D eigenvalue weighted by atomic mass is 9.79. The Morgan fingerprint density at radius 1 is 1.28 bits per heavy atom. The highest BCUT2D eigenvalue weighted by molar-refractivity contribution is 6.02. The van der Waals surface area contributed by atoms with Crippen LogP contribution in [-0.4, -0.2) is 30.8 Å². The number of amides is 1. The van der Waals surface area contributed by atoms with Gasteiger partial charge in [-0.2, -0.15) is 0 Å². The van der Waals surface area contributed by atoms with Crippen LogP contribution in [0.3, 0.4) is 0 Å². The molecule has 140 valence electrons. The lowest BCUT2D eigenvalue weighted by Gasteiger charge is -2.31. The molecule has 2 aliphatic carbocycles. The second-order valence-electron chi connectivity index (χ2n) is 9.12. The van der Waals surface area contributed by atoms with Gasteiger partial charge in [0.15, 0.2) is 5.78 Å². The highest BCUT2D eigenvalue weighted by atomic mass is 16.5. The molecule has 0 saturated heterocycles. The average molecular weight is 349 g/mol. The SMILES string of the molecule is COC(=O)[C@H]1CC(C(=O)[C@@H](NC(C)=O)C(C)(C)C)=CCC2[C@@H]1C2(C)C. The molecule has 5 heteroatoms. The van der Waals surface area contributed by atoms with E-state index >= 15 is 0 Å². The summed E-state index contributed by atoms with van der Waals surface area (Å²) in [4.78, 5) is 37.0. The number of hydrogen-bond acceptors (Lipinski definition) is 4. The number of nitrogens with one attached hydrogen (secondary N) is 1. The number of rotatable bonds is 4. The molecule has 0 aliphatic heterocycles. The zero-order chi connectivity index (χ0) is 19.2. The first-order chi connectivity index (χ1) is 11.4. The normalized spacial score (nSPS) is 28.8. The molecule has 4 atom stereocenters. The predicted molar refractivity (Wildman–Crippen MR) is 95.7 cm³/mol. The molecule has 0 radical (unpaired) electrons. The van der Waals surface area contributed by atoms with E-state index in [1.54, 1.807) is 0 Å². The molecule has 0 aromatic carbocycles. The van der Waals surface area contributed by atoms with Gasteiger partial charge in [0.2, 0.25) is 5.91 Å². The van der Waals surface area contributed by atoms with Crippen LogP contribution in [0.25, 0.3) is 0 Å². The van der Waals surface area contributed by atoms with Gasteiger partial charge in [-0.3, -0.25) is 14.4 Å². The van der Waals surface area contributed by atoms with E-state index in [-0.39, 0.29) is 34.9 Å². The molecule has 1 N–H and O–H groups in total. The van der Waals surface area contributed by atoms with Gasteiger partial charge in [0.05, 0.1) is 19.1 Å². The van der Waals surface area contributed by atoms with Gasteiger partial charge in [-0.25, -0.2) is 0 Å². The van der Waals surface area contributed by atoms with Gasteiger partial charge >= 0.3 is 5.97 Å². The third kappa shape index (κ3) is 3.80. The van der Waals surface area contributed by atoms with Crippen molar-refractivity contribution in [2.75, 3.05) is 7.11 Å². The monoisotopic (exact) mass is 349 g/mol. The molecule has 0 bridgehead atoms. The fourth-order valence-electron chi connectivity index (χ4n) is 4.40. The van der Waals surface area contributed by atoms with E-state index < -0.39 is 11.5 Å². The van der Waals surface area contributed by atoms with Crippen LogP contribution in [0, 0.1) is 28.6 Å². The molecular formula is C20H31NO4. The van der Waals surface area contributed by atoms with Gasteiger partial charge in [-0.15, -0.1) is 0 Å². The van der Waals surface area contributed by atoms with Crippen LogP contribution in [0.15, 0.2) is 11.6 Å². The molecule has 25 heavy (non-hydrogen) atoms. The van der Waals surface area contributed by atoms with E-state index in [0.717, 1.165) is 6.42 Å². The summed E-state index contributed by atoms with van der Waals surface area (Å²) < 4.78 is 5.01. The Kier molecular flexibility index (Phi) is 5.18. The number of ether oxygens (including phenoxy) is 1. The summed E-state index contributed by atoms with van der Waals surface area (Å²) in [6.45, 7) is 11.6. The van der Waals surface area contributed by atoms with Crippen LogP contribution in [0.2, 0.25) is 0 Å². The number of methoxy groups -OCH3 is 1. The summed E-state index contributed by atoms with van der Waals surface area (Å²) in [5.41, 5.74) is 0.344. The second kappa shape index (κ2) is 6.58. The van der Waals surface area contributed by atoms with E-state index in [2.05, 4.69) is 19.2 Å². The minimum absolute atomic E-state index is 0.0873. The molecule has 2 aliphatic rings. The van der Waals surface area contributed by atoms with Crippen molar-refractivity contribution < 1.29 is 19.1 Å². The van der Waals surface area contributed by atoms with E-state index in [1.807, 2.05) is 26.8 Å². The molecule has 5 nitrogen and oxygen atoms in total. The van der Waals surface area contributed by atoms with E-state index in [4.69, 9.17) is 4.74 Å². The Bertz CT molecular complexity index is 612. The van der Waals surface area contributed by atoms with E-state index in [0.29, 0.717) is 17.9 Å². The molecule has 0 aromatic rings. The molecule has 1 amide bonds. The summed E-state index contributed by atoms with van der Waals surface area (Å²) in [5.74, 6) is -0.202. The third-order valence-corrected chi connectivity index (χ3v) is 5.93. The number of ketones is 1. The summed E-state index contributed by atoms with van der Waals surface area (Å²) in [5, 5.41) is 2.79. The first-order valence-corrected chi connectivity index (χ1v) is 8.99. The van der Waals surface area contributed by atoms with Crippen molar-refractivity contribution in [3.8, 4) is 0 Å². The smallest absolute Gasteiger partial charge is 0.309 e.